The molecule has 0 aliphatic carbocycles. The van der Waals surface area contributed by atoms with Crippen LogP contribution < -0.4 is 9.47 Å². The van der Waals surface area contributed by atoms with E-state index in [9.17, 15) is 9.59 Å². The first kappa shape index (κ1) is 26.3. The third-order valence-electron chi connectivity index (χ3n) is 6.23. The van der Waals surface area contributed by atoms with Crippen LogP contribution >= 0.6 is 11.8 Å². The van der Waals surface area contributed by atoms with Crippen LogP contribution in [-0.2, 0) is 22.4 Å². The number of fused-ring (bicyclic) bond motifs is 1. The lowest BCUT2D eigenvalue weighted by atomic mass is 9.98. The average Bonchev–Trinajstić information content (AvgIpc) is 2.91. The number of methoxy groups -OCH3 is 2. The van der Waals surface area contributed by atoms with Crippen LogP contribution in [0, 0.1) is 0 Å². The number of carbonyl (C=O) groups is 2. The van der Waals surface area contributed by atoms with Gasteiger partial charge in [-0.2, -0.15) is 0 Å². The maximum Gasteiger partial charge on any atom is 0.338 e. The third kappa shape index (κ3) is 5.65. The molecule has 0 heterocycles. The number of esters is 2. The summed E-state index contributed by atoms with van der Waals surface area (Å²) in [7, 11) is 2.99. The summed E-state index contributed by atoms with van der Waals surface area (Å²) in [6.07, 6.45) is 1.96. The molecule has 0 N–H and O–H groups in total. The molecule has 0 atom stereocenters. The van der Waals surface area contributed by atoms with E-state index in [4.69, 9.17) is 14.2 Å². The van der Waals surface area contributed by atoms with Crippen LogP contribution in [0.3, 0.4) is 0 Å². The largest absolute Gasteiger partial charge is 0.496 e. The van der Waals surface area contributed by atoms with Crippen LogP contribution in [0.4, 0.5) is 0 Å². The molecular formula is C31H30O5S. The van der Waals surface area contributed by atoms with Gasteiger partial charge in [0.15, 0.2) is 0 Å². The van der Waals surface area contributed by atoms with Gasteiger partial charge < -0.3 is 14.2 Å². The smallest absolute Gasteiger partial charge is 0.338 e. The summed E-state index contributed by atoms with van der Waals surface area (Å²) < 4.78 is 16.1. The van der Waals surface area contributed by atoms with Gasteiger partial charge in [-0.05, 0) is 71.3 Å². The molecule has 0 spiro atoms. The van der Waals surface area contributed by atoms with Crippen molar-refractivity contribution in [3.05, 3.63) is 83.4 Å². The van der Waals surface area contributed by atoms with Gasteiger partial charge >= 0.3 is 11.9 Å². The van der Waals surface area contributed by atoms with E-state index in [1.54, 1.807) is 24.9 Å². The first-order valence-electron chi connectivity index (χ1n) is 12.2. The highest BCUT2D eigenvalue weighted by Gasteiger charge is 2.16. The number of benzene rings is 4. The van der Waals surface area contributed by atoms with Gasteiger partial charge in [-0.3, -0.25) is 4.79 Å². The first-order valence-corrected chi connectivity index (χ1v) is 13.0. The Bertz CT molecular complexity index is 1450. The van der Waals surface area contributed by atoms with E-state index in [1.165, 1.54) is 36.1 Å². The van der Waals surface area contributed by atoms with Gasteiger partial charge in [0.05, 0.1) is 19.8 Å². The summed E-state index contributed by atoms with van der Waals surface area (Å²) in [6, 6.07) is 21.8. The van der Waals surface area contributed by atoms with Gasteiger partial charge in [0, 0.05) is 27.7 Å². The minimum atomic E-state index is -0.501. The van der Waals surface area contributed by atoms with Crippen LogP contribution in [0.5, 0.6) is 11.5 Å². The summed E-state index contributed by atoms with van der Waals surface area (Å²) in [4.78, 5) is 26.3. The molecule has 4 rings (SSSR count). The monoisotopic (exact) mass is 514 g/mol. The SMILES string of the molecule is CCc1cccc(CC)c1Sc1ccc(-c2ccc3c(OC(C)=O)cc(C(=O)OC)cc3c2)c(OC)c1. The van der Waals surface area contributed by atoms with Gasteiger partial charge in [0.25, 0.3) is 0 Å². The maximum absolute atomic E-state index is 12.2. The number of rotatable bonds is 8. The van der Waals surface area contributed by atoms with E-state index in [0.29, 0.717) is 11.3 Å². The molecule has 6 heteroatoms. The van der Waals surface area contributed by atoms with Crippen molar-refractivity contribution in [3.63, 3.8) is 0 Å². The van der Waals surface area contributed by atoms with Crippen LogP contribution in [-0.4, -0.2) is 26.2 Å². The quantitative estimate of drug-likeness (QED) is 0.179. The zero-order chi connectivity index (χ0) is 26.5. The molecule has 0 aliphatic rings. The Morgan fingerprint density at radius 3 is 2.19 bits per heavy atom. The van der Waals surface area contributed by atoms with E-state index >= 15 is 0 Å². The van der Waals surface area contributed by atoms with E-state index < -0.39 is 11.9 Å². The van der Waals surface area contributed by atoms with E-state index in [-0.39, 0.29) is 0 Å². The molecule has 0 saturated carbocycles. The molecule has 4 aromatic carbocycles. The molecule has 190 valence electrons. The van der Waals surface area contributed by atoms with Crippen molar-refractivity contribution in [1.82, 2.24) is 0 Å². The van der Waals surface area contributed by atoms with Crippen LogP contribution in [0.2, 0.25) is 0 Å². The first-order chi connectivity index (χ1) is 17.9. The summed E-state index contributed by atoms with van der Waals surface area (Å²) >= 11 is 1.76. The second-order valence-corrected chi connectivity index (χ2v) is 9.66. The number of aryl methyl sites for hydroxylation is 2. The molecule has 0 aliphatic heterocycles. The van der Waals surface area contributed by atoms with Gasteiger partial charge in [-0.15, -0.1) is 0 Å². The Morgan fingerprint density at radius 2 is 1.57 bits per heavy atom. The molecule has 0 amide bonds. The fraction of sp³-hybridized carbons (Fsp3) is 0.226. The zero-order valence-electron chi connectivity index (χ0n) is 21.7. The molecule has 0 radical (unpaired) electrons. The molecule has 0 bridgehead atoms. The van der Waals surface area contributed by atoms with Crippen molar-refractivity contribution in [2.45, 2.75) is 43.4 Å². The minimum Gasteiger partial charge on any atom is -0.496 e. The Labute approximate surface area is 221 Å². The van der Waals surface area contributed by atoms with E-state index in [0.717, 1.165) is 45.4 Å². The molecule has 5 nitrogen and oxygen atoms in total. The molecule has 0 unspecified atom stereocenters. The molecule has 4 aromatic rings. The fourth-order valence-corrected chi connectivity index (χ4v) is 5.62. The van der Waals surface area contributed by atoms with Crippen molar-refractivity contribution in [1.29, 1.82) is 0 Å². The highest BCUT2D eigenvalue weighted by molar-refractivity contribution is 7.99. The zero-order valence-corrected chi connectivity index (χ0v) is 22.5. The topological polar surface area (TPSA) is 61.8 Å². The fourth-order valence-electron chi connectivity index (χ4n) is 4.39. The standard InChI is InChI=1S/C31H30O5S/c1-6-20-9-8-10-21(7-2)30(20)37-25-12-14-26(28(18-25)34-4)22-11-13-27-23(15-22)16-24(31(33)35-5)17-29(27)36-19(3)32/h8-18H,6-7H2,1-5H3. The third-order valence-corrected chi connectivity index (χ3v) is 7.45. The number of carbonyl (C=O) groups excluding carboxylic acids is 2. The van der Waals surface area contributed by atoms with Crippen molar-refractivity contribution in [2.24, 2.45) is 0 Å². The van der Waals surface area contributed by atoms with Gasteiger partial charge in [0.1, 0.15) is 11.5 Å². The molecule has 37 heavy (non-hydrogen) atoms. The predicted molar refractivity (Wildman–Crippen MR) is 148 cm³/mol. The molecule has 0 saturated heterocycles. The van der Waals surface area contributed by atoms with Crippen LogP contribution in [0.15, 0.2) is 76.5 Å². The number of hydrogen-bond acceptors (Lipinski definition) is 6. The number of ether oxygens (including phenoxy) is 3. The van der Waals surface area contributed by atoms with E-state index in [2.05, 4.69) is 50.2 Å². The second-order valence-electron chi connectivity index (χ2n) is 8.57. The Kier molecular flexibility index (Phi) is 8.19. The lowest BCUT2D eigenvalue weighted by Crippen LogP contribution is -2.05. The van der Waals surface area contributed by atoms with Gasteiger partial charge in [0.2, 0.25) is 0 Å². The average molecular weight is 515 g/mol. The predicted octanol–water partition coefficient (Wildman–Crippen LogP) is 7.50. The Hall–Kier alpha value is -3.77. The minimum absolute atomic E-state index is 0.309. The Balaban J connectivity index is 1.77. The highest BCUT2D eigenvalue weighted by atomic mass is 32.2. The van der Waals surface area contributed by atoms with Gasteiger partial charge in [-0.25, -0.2) is 4.79 Å². The normalized spacial score (nSPS) is 10.8. The Morgan fingerprint density at radius 1 is 0.838 bits per heavy atom. The second kappa shape index (κ2) is 11.5. The maximum atomic E-state index is 12.2. The molecule has 0 fully saturated rings. The van der Waals surface area contributed by atoms with Crippen molar-refractivity contribution in [3.8, 4) is 22.6 Å². The summed E-state index contributed by atoms with van der Waals surface area (Å²) in [5.74, 6) is 0.106. The summed E-state index contributed by atoms with van der Waals surface area (Å²) in [5.41, 5.74) is 4.83. The molecule has 0 aromatic heterocycles. The summed E-state index contributed by atoms with van der Waals surface area (Å²) in [6.45, 7) is 5.69. The van der Waals surface area contributed by atoms with Crippen molar-refractivity contribution in [2.75, 3.05) is 14.2 Å². The van der Waals surface area contributed by atoms with Crippen molar-refractivity contribution < 1.29 is 23.8 Å². The van der Waals surface area contributed by atoms with Crippen LogP contribution in [0.25, 0.3) is 21.9 Å². The summed E-state index contributed by atoms with van der Waals surface area (Å²) in [5, 5.41) is 1.47. The van der Waals surface area contributed by atoms with Gasteiger partial charge in [-0.1, -0.05) is 55.9 Å². The number of hydrogen-bond donors (Lipinski definition) is 0. The lowest BCUT2D eigenvalue weighted by molar-refractivity contribution is -0.131. The van der Waals surface area contributed by atoms with Crippen molar-refractivity contribution >= 4 is 34.5 Å². The molecular weight excluding hydrogens is 484 g/mol. The lowest BCUT2D eigenvalue weighted by Gasteiger charge is -2.15. The highest BCUT2D eigenvalue weighted by Crippen LogP contribution is 2.40. The van der Waals surface area contributed by atoms with Crippen LogP contribution in [0.1, 0.15) is 42.3 Å². The van der Waals surface area contributed by atoms with E-state index in [1.807, 2.05) is 18.2 Å².